The molecule has 1 aromatic heterocycles. The summed E-state index contributed by atoms with van der Waals surface area (Å²) in [6, 6.07) is 19.2. The van der Waals surface area contributed by atoms with E-state index < -0.39 is 0 Å². The fourth-order valence-corrected chi connectivity index (χ4v) is 3.48. The Morgan fingerprint density at radius 3 is 2.26 bits per heavy atom. The first-order chi connectivity index (χ1) is 14.9. The number of para-hydroxylation sites is 1. The van der Waals surface area contributed by atoms with E-state index in [0.29, 0.717) is 17.1 Å². The van der Waals surface area contributed by atoms with E-state index in [-0.39, 0.29) is 23.7 Å². The van der Waals surface area contributed by atoms with E-state index in [9.17, 15) is 9.59 Å². The molecule has 3 aromatic rings. The largest absolute Gasteiger partial charge is 0.355 e. The summed E-state index contributed by atoms with van der Waals surface area (Å²) in [6.07, 6.45) is 1.49. The van der Waals surface area contributed by atoms with Crippen LogP contribution in [0.4, 0.5) is 17.2 Å². The average Bonchev–Trinajstić information content (AvgIpc) is 2.76. The quantitative estimate of drug-likeness (QED) is 0.513. The summed E-state index contributed by atoms with van der Waals surface area (Å²) in [6.45, 7) is 6.02. The molecule has 3 rings (SSSR count). The Hall–Kier alpha value is -3.67. The van der Waals surface area contributed by atoms with Crippen LogP contribution in [-0.2, 0) is 4.79 Å². The average molecular weight is 417 g/mol. The molecule has 0 radical (unpaired) electrons. The Morgan fingerprint density at radius 2 is 1.61 bits per heavy atom. The molecule has 2 amide bonds. The molecule has 0 aliphatic carbocycles. The molecule has 0 fully saturated rings. The van der Waals surface area contributed by atoms with Crippen LogP contribution in [0.25, 0.3) is 0 Å². The summed E-state index contributed by atoms with van der Waals surface area (Å²) < 4.78 is 0. The molecule has 0 aliphatic heterocycles. The molecular weight excluding hydrogens is 388 g/mol. The number of benzene rings is 2. The molecule has 2 aromatic carbocycles. The molecule has 6 heteroatoms. The maximum Gasteiger partial charge on any atom is 0.252 e. The van der Waals surface area contributed by atoms with Gasteiger partial charge in [0, 0.05) is 18.9 Å². The number of anilines is 3. The summed E-state index contributed by atoms with van der Waals surface area (Å²) >= 11 is 0. The highest BCUT2D eigenvalue weighted by atomic mass is 16.2. The molecular formula is C25H28N4O2. The predicted octanol–water partition coefficient (Wildman–Crippen LogP) is 4.87. The number of amides is 2. The zero-order chi connectivity index (χ0) is 22.4. The molecule has 0 aliphatic rings. The topological polar surface area (TPSA) is 83.1 Å². The van der Waals surface area contributed by atoms with Gasteiger partial charge in [0.15, 0.2) is 5.82 Å². The van der Waals surface area contributed by atoms with E-state index in [1.807, 2.05) is 75.4 Å². The van der Waals surface area contributed by atoms with Crippen LogP contribution in [0, 0.1) is 12.8 Å². The zero-order valence-electron chi connectivity index (χ0n) is 18.3. The van der Waals surface area contributed by atoms with Crippen molar-refractivity contribution >= 4 is 29.0 Å². The summed E-state index contributed by atoms with van der Waals surface area (Å²) in [5.74, 6) is -0.189. The molecule has 160 valence electrons. The van der Waals surface area contributed by atoms with Crippen LogP contribution in [0.2, 0.25) is 0 Å². The first-order valence-corrected chi connectivity index (χ1v) is 10.3. The van der Waals surface area contributed by atoms with Crippen molar-refractivity contribution in [2.75, 3.05) is 17.7 Å². The van der Waals surface area contributed by atoms with Crippen molar-refractivity contribution in [3.8, 4) is 0 Å². The lowest BCUT2D eigenvalue weighted by atomic mass is 9.87. The van der Waals surface area contributed by atoms with Gasteiger partial charge in [-0.2, -0.15) is 0 Å². The minimum atomic E-state index is -0.337. The SMILES string of the molecule is CNC(=O)c1cnc(Nc2ccccc2C)c(NC(=O)C(c2ccccc2)C(C)C)c1. The normalized spacial score (nSPS) is 11.6. The van der Waals surface area contributed by atoms with Crippen LogP contribution >= 0.6 is 0 Å². The summed E-state index contributed by atoms with van der Waals surface area (Å²) in [5.41, 5.74) is 3.69. The number of carbonyl (C=O) groups excluding carboxylic acids is 2. The van der Waals surface area contributed by atoms with Gasteiger partial charge in [0.05, 0.1) is 17.2 Å². The molecule has 0 saturated carbocycles. The maximum atomic E-state index is 13.3. The van der Waals surface area contributed by atoms with Crippen LogP contribution < -0.4 is 16.0 Å². The summed E-state index contributed by atoms with van der Waals surface area (Å²) in [4.78, 5) is 29.9. The van der Waals surface area contributed by atoms with E-state index in [1.54, 1.807) is 13.1 Å². The van der Waals surface area contributed by atoms with Crippen molar-refractivity contribution in [1.29, 1.82) is 0 Å². The Balaban J connectivity index is 1.97. The number of rotatable bonds is 7. The molecule has 1 unspecified atom stereocenters. The third-order valence-corrected chi connectivity index (χ3v) is 5.14. The van der Waals surface area contributed by atoms with Crippen LogP contribution in [0.3, 0.4) is 0 Å². The Bertz CT molecular complexity index is 1060. The van der Waals surface area contributed by atoms with Crippen molar-refractivity contribution in [1.82, 2.24) is 10.3 Å². The van der Waals surface area contributed by atoms with E-state index in [1.165, 1.54) is 6.20 Å². The van der Waals surface area contributed by atoms with Gasteiger partial charge in [-0.25, -0.2) is 4.98 Å². The Labute approximate surface area is 183 Å². The van der Waals surface area contributed by atoms with E-state index in [4.69, 9.17) is 0 Å². The number of carbonyl (C=O) groups is 2. The predicted molar refractivity (Wildman–Crippen MR) is 125 cm³/mol. The van der Waals surface area contributed by atoms with Gasteiger partial charge in [0.2, 0.25) is 5.91 Å². The minimum Gasteiger partial charge on any atom is -0.355 e. The summed E-state index contributed by atoms with van der Waals surface area (Å²) in [5, 5.41) is 8.88. The first-order valence-electron chi connectivity index (χ1n) is 10.3. The standard InChI is InChI=1S/C25H28N4O2/c1-16(2)22(18-11-6-5-7-12-18)25(31)29-21-14-19(24(30)26-4)15-27-23(21)28-20-13-9-8-10-17(20)3/h5-16,22H,1-4H3,(H,26,30)(H,27,28)(H,29,31). The van der Waals surface area contributed by atoms with Gasteiger partial charge in [-0.05, 0) is 36.1 Å². The van der Waals surface area contributed by atoms with Gasteiger partial charge in [0.25, 0.3) is 5.91 Å². The van der Waals surface area contributed by atoms with Crippen LogP contribution in [0.5, 0.6) is 0 Å². The van der Waals surface area contributed by atoms with Crippen LogP contribution in [0.15, 0.2) is 66.9 Å². The van der Waals surface area contributed by atoms with Gasteiger partial charge in [-0.3, -0.25) is 9.59 Å². The molecule has 1 atom stereocenters. The van der Waals surface area contributed by atoms with Crippen molar-refractivity contribution in [3.05, 3.63) is 83.6 Å². The lowest BCUT2D eigenvalue weighted by Crippen LogP contribution is -2.26. The molecule has 31 heavy (non-hydrogen) atoms. The molecule has 0 bridgehead atoms. The highest BCUT2D eigenvalue weighted by Crippen LogP contribution is 2.30. The molecule has 0 saturated heterocycles. The number of nitrogens with one attached hydrogen (secondary N) is 3. The van der Waals surface area contributed by atoms with Gasteiger partial charge >= 0.3 is 0 Å². The van der Waals surface area contributed by atoms with Crippen LogP contribution in [0.1, 0.15) is 41.3 Å². The van der Waals surface area contributed by atoms with Crippen molar-refractivity contribution in [2.45, 2.75) is 26.7 Å². The third kappa shape index (κ3) is 5.28. The lowest BCUT2D eigenvalue weighted by Gasteiger charge is -2.22. The molecule has 3 N–H and O–H groups in total. The number of aromatic nitrogens is 1. The Kier molecular flexibility index (Phi) is 7.03. The fraction of sp³-hybridized carbons (Fsp3) is 0.240. The molecule has 0 spiro atoms. The molecule has 6 nitrogen and oxygen atoms in total. The highest BCUT2D eigenvalue weighted by molar-refractivity contribution is 6.01. The smallest absolute Gasteiger partial charge is 0.252 e. The van der Waals surface area contributed by atoms with Gasteiger partial charge < -0.3 is 16.0 Å². The first kappa shape index (κ1) is 22.0. The van der Waals surface area contributed by atoms with Gasteiger partial charge in [0.1, 0.15) is 0 Å². The van der Waals surface area contributed by atoms with E-state index >= 15 is 0 Å². The Morgan fingerprint density at radius 1 is 0.935 bits per heavy atom. The number of aryl methyl sites for hydroxylation is 1. The van der Waals surface area contributed by atoms with Crippen molar-refractivity contribution in [2.24, 2.45) is 5.92 Å². The second-order valence-corrected chi connectivity index (χ2v) is 7.76. The minimum absolute atomic E-state index is 0.0882. The third-order valence-electron chi connectivity index (χ3n) is 5.14. The lowest BCUT2D eigenvalue weighted by molar-refractivity contribution is -0.118. The highest BCUT2D eigenvalue weighted by Gasteiger charge is 2.25. The number of pyridine rings is 1. The summed E-state index contributed by atoms with van der Waals surface area (Å²) in [7, 11) is 1.56. The monoisotopic (exact) mass is 416 g/mol. The number of nitrogens with zero attached hydrogens (tertiary/aromatic N) is 1. The second-order valence-electron chi connectivity index (χ2n) is 7.76. The maximum absolute atomic E-state index is 13.3. The number of hydrogen-bond acceptors (Lipinski definition) is 4. The van der Waals surface area contributed by atoms with Gasteiger partial charge in [-0.1, -0.05) is 62.4 Å². The fourth-order valence-electron chi connectivity index (χ4n) is 3.48. The van der Waals surface area contributed by atoms with E-state index in [2.05, 4.69) is 20.9 Å². The molecule has 1 heterocycles. The van der Waals surface area contributed by atoms with Gasteiger partial charge in [-0.15, -0.1) is 0 Å². The van der Waals surface area contributed by atoms with E-state index in [0.717, 1.165) is 16.8 Å². The van der Waals surface area contributed by atoms with Crippen molar-refractivity contribution in [3.63, 3.8) is 0 Å². The second kappa shape index (κ2) is 9.89. The van der Waals surface area contributed by atoms with Crippen LogP contribution in [-0.4, -0.2) is 23.8 Å². The zero-order valence-corrected chi connectivity index (χ0v) is 18.3. The van der Waals surface area contributed by atoms with Crippen molar-refractivity contribution < 1.29 is 9.59 Å². The number of hydrogen-bond donors (Lipinski definition) is 3.